The molecule has 3 aromatic rings. The molecule has 1 aliphatic carbocycles. The van der Waals surface area contributed by atoms with Gasteiger partial charge in [0, 0.05) is 23.1 Å². The Morgan fingerprint density at radius 1 is 0.926 bits per heavy atom. The molecule has 0 radical (unpaired) electrons. The zero-order valence-electron chi connectivity index (χ0n) is 15.9. The summed E-state index contributed by atoms with van der Waals surface area (Å²) < 4.78 is 0. The predicted octanol–water partition coefficient (Wildman–Crippen LogP) is 4.86. The van der Waals surface area contributed by atoms with Crippen LogP contribution in [-0.2, 0) is 12.0 Å². The van der Waals surface area contributed by atoms with Gasteiger partial charge in [-0.2, -0.15) is 0 Å². The van der Waals surface area contributed by atoms with Gasteiger partial charge in [0.05, 0.1) is 0 Å². The Morgan fingerprint density at radius 3 is 2.37 bits per heavy atom. The molecule has 0 amide bonds. The highest BCUT2D eigenvalue weighted by Gasteiger charge is 2.42. The van der Waals surface area contributed by atoms with Gasteiger partial charge in [-0.05, 0) is 34.5 Å². The van der Waals surface area contributed by atoms with E-state index in [1.165, 1.54) is 0 Å². The smallest absolute Gasteiger partial charge is 0.156 e. The molecule has 1 atom stereocenters. The molecule has 0 aromatic heterocycles. The molecule has 27 heavy (non-hydrogen) atoms. The monoisotopic (exact) mass is 366 g/mol. The molecule has 2 heteroatoms. The maximum absolute atomic E-state index is 11.3. The molecule has 3 aromatic carbocycles. The molecule has 1 nitrogen and oxygen atoms in total. The van der Waals surface area contributed by atoms with Gasteiger partial charge in [-0.3, -0.25) is 0 Å². The molecule has 4 rings (SSSR count). The van der Waals surface area contributed by atoms with Gasteiger partial charge in [0.1, 0.15) is 8.07 Å². The van der Waals surface area contributed by atoms with E-state index in [0.29, 0.717) is 6.42 Å². The molecule has 0 spiro atoms. The van der Waals surface area contributed by atoms with E-state index in [1.54, 1.807) is 0 Å². The Labute approximate surface area is 162 Å². The summed E-state index contributed by atoms with van der Waals surface area (Å²) in [6.45, 7) is 6.74. The topological polar surface area (TPSA) is 20.2 Å². The molecule has 1 N–H and O–H groups in total. The Balaban J connectivity index is 1.86. The number of hydrogen-bond acceptors (Lipinski definition) is 1. The molecular weight excluding hydrogens is 344 g/mol. The molecule has 0 bridgehead atoms. The van der Waals surface area contributed by atoms with Gasteiger partial charge in [0.2, 0.25) is 0 Å². The van der Waals surface area contributed by atoms with Crippen molar-refractivity contribution >= 4 is 18.8 Å². The van der Waals surface area contributed by atoms with Crippen molar-refractivity contribution in [2.45, 2.75) is 31.7 Å². The molecular formula is C25H22OSi. The van der Waals surface area contributed by atoms with E-state index < -0.39 is 13.7 Å². The molecule has 1 unspecified atom stereocenters. The summed E-state index contributed by atoms with van der Waals surface area (Å²) in [6.07, 6.45) is 0.530. The second-order valence-corrected chi connectivity index (χ2v) is 12.9. The highest BCUT2D eigenvalue weighted by molar-refractivity contribution is 6.83. The minimum Gasteiger partial charge on any atom is -0.373 e. The van der Waals surface area contributed by atoms with Crippen LogP contribution in [0.1, 0.15) is 22.3 Å². The van der Waals surface area contributed by atoms with Crippen LogP contribution in [0.4, 0.5) is 0 Å². The van der Waals surface area contributed by atoms with Gasteiger partial charge in [-0.1, -0.05) is 79.9 Å². The summed E-state index contributed by atoms with van der Waals surface area (Å²) in [4.78, 5) is 0. The molecule has 0 aliphatic heterocycles. The fraction of sp³-hybridized carbons (Fsp3) is 0.200. The van der Waals surface area contributed by atoms with Crippen LogP contribution >= 0.6 is 0 Å². The van der Waals surface area contributed by atoms with Crippen molar-refractivity contribution < 1.29 is 5.11 Å². The van der Waals surface area contributed by atoms with Crippen molar-refractivity contribution in [1.29, 1.82) is 0 Å². The quantitative estimate of drug-likeness (QED) is 0.445. The van der Waals surface area contributed by atoms with Gasteiger partial charge < -0.3 is 5.11 Å². The van der Waals surface area contributed by atoms with Crippen LogP contribution in [0.25, 0.3) is 10.8 Å². The summed E-state index contributed by atoms with van der Waals surface area (Å²) in [5.41, 5.74) is 6.38. The van der Waals surface area contributed by atoms with Crippen molar-refractivity contribution in [3.8, 4) is 23.3 Å². The van der Waals surface area contributed by atoms with Crippen molar-refractivity contribution in [3.63, 3.8) is 0 Å². The van der Waals surface area contributed by atoms with E-state index in [4.69, 9.17) is 0 Å². The van der Waals surface area contributed by atoms with Gasteiger partial charge >= 0.3 is 0 Å². The molecule has 132 valence electrons. The first-order chi connectivity index (χ1) is 12.9. The zero-order chi connectivity index (χ0) is 19.1. The highest BCUT2D eigenvalue weighted by Crippen LogP contribution is 2.45. The molecule has 1 aliphatic rings. The largest absolute Gasteiger partial charge is 0.373 e. The second-order valence-electron chi connectivity index (χ2n) is 8.15. The summed E-state index contributed by atoms with van der Waals surface area (Å²) in [5, 5.41) is 13.4. The third-order valence-electron chi connectivity index (χ3n) is 4.76. The lowest BCUT2D eigenvalue weighted by Gasteiger charge is -2.37. The normalized spacial score (nSPS) is 17.8. The number of fused-ring (bicyclic) bond motifs is 3. The lowest BCUT2D eigenvalue weighted by Crippen LogP contribution is -2.38. The van der Waals surface area contributed by atoms with Gasteiger partial charge in [0.15, 0.2) is 5.60 Å². The van der Waals surface area contributed by atoms with E-state index in [2.05, 4.69) is 61.1 Å². The van der Waals surface area contributed by atoms with Crippen molar-refractivity contribution in [2.24, 2.45) is 0 Å². The minimum absolute atomic E-state index is 0.530. The fourth-order valence-electron chi connectivity index (χ4n) is 3.45. The first-order valence-corrected chi connectivity index (χ1v) is 12.7. The third-order valence-corrected chi connectivity index (χ3v) is 5.64. The Morgan fingerprint density at radius 2 is 1.63 bits per heavy atom. The Kier molecular flexibility index (Phi) is 4.20. The maximum Gasteiger partial charge on any atom is 0.156 e. The van der Waals surface area contributed by atoms with Crippen LogP contribution in [0.2, 0.25) is 19.6 Å². The van der Waals surface area contributed by atoms with E-state index in [-0.39, 0.29) is 0 Å². The minimum atomic E-state index is -1.47. The van der Waals surface area contributed by atoms with Crippen LogP contribution in [0, 0.1) is 23.3 Å². The number of aliphatic hydroxyl groups is 1. The Bertz CT molecular complexity index is 1150. The molecule has 0 fully saturated rings. The lowest BCUT2D eigenvalue weighted by molar-refractivity contribution is 0.0774. The number of hydrogen-bond donors (Lipinski definition) is 1. The van der Waals surface area contributed by atoms with Crippen molar-refractivity contribution in [1.82, 2.24) is 0 Å². The van der Waals surface area contributed by atoms with E-state index in [1.807, 2.05) is 42.5 Å². The first kappa shape index (κ1) is 17.6. The van der Waals surface area contributed by atoms with Gasteiger partial charge in [0.25, 0.3) is 0 Å². The fourth-order valence-corrected chi connectivity index (χ4v) is 3.96. The highest BCUT2D eigenvalue weighted by atomic mass is 28.3. The summed E-state index contributed by atoms with van der Waals surface area (Å²) in [7, 11) is -1.47. The van der Waals surface area contributed by atoms with Crippen LogP contribution < -0.4 is 0 Å². The molecule has 0 saturated heterocycles. The van der Waals surface area contributed by atoms with E-state index >= 15 is 0 Å². The van der Waals surface area contributed by atoms with Crippen molar-refractivity contribution in [3.05, 3.63) is 82.9 Å². The van der Waals surface area contributed by atoms with Crippen LogP contribution in [0.15, 0.2) is 60.7 Å². The van der Waals surface area contributed by atoms with Crippen molar-refractivity contribution in [2.75, 3.05) is 0 Å². The standard InChI is InChI=1S/C25H22OSi/c1-27(2,3)16-14-21-17-20-11-7-8-12-22(20)24-23(21)18-25(24,26)15-13-19-9-5-4-6-10-19/h4-12,17,26H,18H2,1-3H3. The Hall–Kier alpha value is -2.78. The number of benzene rings is 3. The summed E-state index contributed by atoms with van der Waals surface area (Å²) >= 11 is 0. The van der Waals surface area contributed by atoms with E-state index in [0.717, 1.165) is 33.0 Å². The maximum atomic E-state index is 11.3. The average Bonchev–Trinajstić information content (AvgIpc) is 2.63. The molecule has 0 saturated carbocycles. The second kappa shape index (κ2) is 6.43. The molecule has 0 heterocycles. The van der Waals surface area contributed by atoms with Gasteiger partial charge in [-0.15, -0.1) is 5.54 Å². The van der Waals surface area contributed by atoms with Crippen LogP contribution in [0.5, 0.6) is 0 Å². The van der Waals surface area contributed by atoms with Crippen LogP contribution in [-0.4, -0.2) is 13.2 Å². The third kappa shape index (κ3) is 3.43. The van der Waals surface area contributed by atoms with Gasteiger partial charge in [-0.25, -0.2) is 0 Å². The predicted molar refractivity (Wildman–Crippen MR) is 115 cm³/mol. The van der Waals surface area contributed by atoms with Crippen LogP contribution in [0.3, 0.4) is 0 Å². The summed E-state index contributed by atoms with van der Waals surface area (Å²) in [5.74, 6) is 9.67. The first-order valence-electron chi connectivity index (χ1n) is 9.25. The zero-order valence-corrected chi connectivity index (χ0v) is 16.9. The number of rotatable bonds is 0. The lowest BCUT2D eigenvalue weighted by atomic mass is 9.69. The summed E-state index contributed by atoms with van der Waals surface area (Å²) in [6, 6.07) is 20.2. The SMILES string of the molecule is C[Si](C)(C)C#Cc1cc2ccccc2c2c1CC2(O)C#Cc1ccccc1. The van der Waals surface area contributed by atoms with E-state index in [9.17, 15) is 5.11 Å². The average molecular weight is 367 g/mol.